The summed E-state index contributed by atoms with van der Waals surface area (Å²) in [5.41, 5.74) is 1.08. The summed E-state index contributed by atoms with van der Waals surface area (Å²) in [5, 5.41) is 9.27. The zero-order valence-electron chi connectivity index (χ0n) is 12.2. The molecule has 1 saturated carbocycles. The monoisotopic (exact) mass is 291 g/mol. The highest BCUT2D eigenvalue weighted by Gasteiger charge is 2.28. The van der Waals surface area contributed by atoms with Gasteiger partial charge in [-0.25, -0.2) is 0 Å². The second-order valence-corrected chi connectivity index (χ2v) is 5.95. The largest absolute Gasteiger partial charge is 0.454 e. The lowest BCUT2D eigenvalue weighted by molar-refractivity contribution is -0.131. The number of aliphatic hydroxyl groups is 1. The predicted molar refractivity (Wildman–Crippen MR) is 77.3 cm³/mol. The van der Waals surface area contributed by atoms with Gasteiger partial charge in [-0.15, -0.1) is 0 Å². The number of fused-ring (bicyclic) bond motifs is 1. The molecule has 0 spiro atoms. The molecule has 1 aliphatic heterocycles. The van der Waals surface area contributed by atoms with Crippen molar-refractivity contribution in [3.8, 4) is 11.5 Å². The standard InChI is InChI=1S/C16H21NO4/c1-17(9-12-6-13(18)7-12)16(19)5-3-11-2-4-14-15(8-11)21-10-20-14/h2,4,8,12-13,18H,3,5-7,9-10H2,1H3. The van der Waals surface area contributed by atoms with Crippen LogP contribution >= 0.6 is 0 Å². The third kappa shape index (κ3) is 3.29. The first-order valence-corrected chi connectivity index (χ1v) is 7.42. The van der Waals surface area contributed by atoms with Crippen molar-refractivity contribution in [2.45, 2.75) is 31.8 Å². The number of carbonyl (C=O) groups is 1. The van der Waals surface area contributed by atoms with Crippen LogP contribution in [-0.2, 0) is 11.2 Å². The molecule has 0 aromatic heterocycles. The Hall–Kier alpha value is -1.75. The number of hydrogen-bond acceptors (Lipinski definition) is 4. The van der Waals surface area contributed by atoms with E-state index in [1.165, 1.54) is 0 Å². The lowest BCUT2D eigenvalue weighted by atomic mass is 9.82. The highest BCUT2D eigenvalue weighted by atomic mass is 16.7. The number of ether oxygens (including phenoxy) is 2. The van der Waals surface area contributed by atoms with Gasteiger partial charge >= 0.3 is 0 Å². The molecule has 2 aliphatic rings. The van der Waals surface area contributed by atoms with Crippen LogP contribution in [-0.4, -0.2) is 42.4 Å². The number of benzene rings is 1. The first-order chi connectivity index (χ1) is 10.1. The first-order valence-electron chi connectivity index (χ1n) is 7.42. The first kappa shape index (κ1) is 14.2. The summed E-state index contributed by atoms with van der Waals surface area (Å²) >= 11 is 0. The second kappa shape index (κ2) is 5.93. The van der Waals surface area contributed by atoms with Crippen molar-refractivity contribution >= 4 is 5.91 Å². The van der Waals surface area contributed by atoms with Crippen LogP contribution in [0.1, 0.15) is 24.8 Å². The van der Waals surface area contributed by atoms with E-state index in [0.717, 1.165) is 36.4 Å². The zero-order chi connectivity index (χ0) is 14.8. The smallest absolute Gasteiger partial charge is 0.231 e. The number of carbonyl (C=O) groups excluding carboxylic acids is 1. The average molecular weight is 291 g/mol. The van der Waals surface area contributed by atoms with Crippen molar-refractivity contribution in [3.63, 3.8) is 0 Å². The molecule has 5 nitrogen and oxygen atoms in total. The number of hydrogen-bond donors (Lipinski definition) is 1. The molecule has 1 N–H and O–H groups in total. The molecule has 1 aromatic carbocycles. The van der Waals surface area contributed by atoms with E-state index in [0.29, 0.717) is 18.8 Å². The van der Waals surface area contributed by atoms with Gasteiger partial charge in [0.05, 0.1) is 6.10 Å². The van der Waals surface area contributed by atoms with Crippen LogP contribution in [0.4, 0.5) is 0 Å². The molecule has 1 heterocycles. The van der Waals surface area contributed by atoms with Gasteiger partial charge in [0.15, 0.2) is 11.5 Å². The molecule has 21 heavy (non-hydrogen) atoms. The lowest BCUT2D eigenvalue weighted by Gasteiger charge is -2.34. The van der Waals surface area contributed by atoms with Crippen LogP contribution in [0.15, 0.2) is 18.2 Å². The minimum atomic E-state index is -0.160. The SMILES string of the molecule is CN(CC1CC(O)C1)C(=O)CCc1ccc2c(c1)OCO2. The maximum absolute atomic E-state index is 12.1. The third-order valence-corrected chi connectivity index (χ3v) is 4.23. The van der Waals surface area contributed by atoms with E-state index in [-0.39, 0.29) is 18.8 Å². The van der Waals surface area contributed by atoms with Gasteiger partial charge in [0.1, 0.15) is 0 Å². The molecule has 3 rings (SSSR count). The molecule has 1 amide bonds. The van der Waals surface area contributed by atoms with Gasteiger partial charge in [-0.1, -0.05) is 6.07 Å². The highest BCUT2D eigenvalue weighted by molar-refractivity contribution is 5.76. The fourth-order valence-corrected chi connectivity index (χ4v) is 2.88. The van der Waals surface area contributed by atoms with Crippen molar-refractivity contribution in [1.82, 2.24) is 4.90 Å². The van der Waals surface area contributed by atoms with E-state index in [2.05, 4.69) is 0 Å². The third-order valence-electron chi connectivity index (χ3n) is 4.23. The van der Waals surface area contributed by atoms with Crippen molar-refractivity contribution < 1.29 is 19.4 Å². The minimum absolute atomic E-state index is 0.147. The Morgan fingerprint density at radius 3 is 2.86 bits per heavy atom. The van der Waals surface area contributed by atoms with Gasteiger partial charge in [-0.2, -0.15) is 0 Å². The molecule has 1 aliphatic carbocycles. The molecular weight excluding hydrogens is 270 g/mol. The van der Waals surface area contributed by atoms with E-state index < -0.39 is 0 Å². The van der Waals surface area contributed by atoms with Crippen LogP contribution in [0, 0.1) is 5.92 Å². The van der Waals surface area contributed by atoms with Gasteiger partial charge in [0.2, 0.25) is 12.7 Å². The minimum Gasteiger partial charge on any atom is -0.454 e. The van der Waals surface area contributed by atoms with Crippen LogP contribution < -0.4 is 9.47 Å². The Morgan fingerprint density at radius 2 is 2.10 bits per heavy atom. The Labute approximate surface area is 124 Å². The fraction of sp³-hybridized carbons (Fsp3) is 0.562. The Morgan fingerprint density at radius 1 is 1.33 bits per heavy atom. The average Bonchev–Trinajstić information content (AvgIpc) is 2.90. The number of aliphatic hydroxyl groups excluding tert-OH is 1. The zero-order valence-corrected chi connectivity index (χ0v) is 12.2. The van der Waals surface area contributed by atoms with Gasteiger partial charge in [-0.3, -0.25) is 4.79 Å². The topological polar surface area (TPSA) is 59.0 Å². The Bertz CT molecular complexity index is 525. The molecular formula is C16H21NO4. The summed E-state index contributed by atoms with van der Waals surface area (Å²) in [7, 11) is 1.84. The van der Waals surface area contributed by atoms with Crippen molar-refractivity contribution in [1.29, 1.82) is 0 Å². The van der Waals surface area contributed by atoms with Crippen molar-refractivity contribution in [2.24, 2.45) is 5.92 Å². The molecule has 0 bridgehead atoms. The maximum atomic E-state index is 12.1. The number of aryl methyl sites for hydroxylation is 1. The van der Waals surface area contributed by atoms with E-state index in [1.54, 1.807) is 4.90 Å². The summed E-state index contributed by atoms with van der Waals surface area (Å²) in [4.78, 5) is 13.9. The van der Waals surface area contributed by atoms with Gasteiger partial charge in [0.25, 0.3) is 0 Å². The van der Waals surface area contributed by atoms with E-state index in [9.17, 15) is 9.90 Å². The molecule has 1 aromatic rings. The molecule has 1 fully saturated rings. The van der Waals surface area contributed by atoms with Crippen molar-refractivity contribution in [2.75, 3.05) is 20.4 Å². The van der Waals surface area contributed by atoms with Gasteiger partial charge in [0, 0.05) is 20.0 Å². The normalized spacial score (nSPS) is 22.8. The summed E-state index contributed by atoms with van der Waals surface area (Å²) in [6.45, 7) is 1.02. The Balaban J connectivity index is 1.46. The summed E-state index contributed by atoms with van der Waals surface area (Å²) in [6, 6.07) is 5.81. The number of rotatable bonds is 5. The van der Waals surface area contributed by atoms with Crippen molar-refractivity contribution in [3.05, 3.63) is 23.8 Å². The number of amides is 1. The quantitative estimate of drug-likeness (QED) is 0.895. The summed E-state index contributed by atoms with van der Waals surface area (Å²) in [5.74, 6) is 2.14. The molecule has 0 atom stereocenters. The lowest BCUT2D eigenvalue weighted by Crippen LogP contribution is -2.39. The van der Waals surface area contributed by atoms with Crippen LogP contribution in [0.3, 0.4) is 0 Å². The van der Waals surface area contributed by atoms with E-state index >= 15 is 0 Å². The predicted octanol–water partition coefficient (Wildman–Crippen LogP) is 1.58. The fourth-order valence-electron chi connectivity index (χ4n) is 2.88. The van der Waals surface area contributed by atoms with Gasteiger partial charge < -0.3 is 19.5 Å². The molecule has 5 heteroatoms. The van der Waals surface area contributed by atoms with E-state index in [4.69, 9.17) is 9.47 Å². The van der Waals surface area contributed by atoms with Crippen LogP contribution in [0.25, 0.3) is 0 Å². The van der Waals surface area contributed by atoms with Crippen LogP contribution in [0.5, 0.6) is 11.5 Å². The Kier molecular flexibility index (Phi) is 4.01. The molecule has 0 radical (unpaired) electrons. The van der Waals surface area contributed by atoms with Gasteiger partial charge in [-0.05, 0) is 42.9 Å². The summed E-state index contributed by atoms with van der Waals surface area (Å²) in [6.07, 6.45) is 2.67. The van der Waals surface area contributed by atoms with E-state index in [1.807, 2.05) is 25.2 Å². The second-order valence-electron chi connectivity index (χ2n) is 5.95. The number of nitrogens with zero attached hydrogens (tertiary/aromatic N) is 1. The van der Waals surface area contributed by atoms with Crippen LogP contribution in [0.2, 0.25) is 0 Å². The highest BCUT2D eigenvalue weighted by Crippen LogP contribution is 2.33. The molecule has 114 valence electrons. The summed E-state index contributed by atoms with van der Waals surface area (Å²) < 4.78 is 10.6. The molecule has 0 saturated heterocycles. The maximum Gasteiger partial charge on any atom is 0.231 e. The molecule has 0 unspecified atom stereocenters.